The number of unbranched alkanes of at least 4 members (excludes halogenated alkanes) is 1. The first kappa shape index (κ1) is 18.9. The summed E-state index contributed by atoms with van der Waals surface area (Å²) in [6, 6.07) is 17.4. The van der Waals surface area contributed by atoms with E-state index in [4.69, 9.17) is 4.74 Å². The molecule has 0 fully saturated rings. The molecule has 0 unspecified atom stereocenters. The zero-order valence-electron chi connectivity index (χ0n) is 14.6. The predicted octanol–water partition coefficient (Wildman–Crippen LogP) is 4.19. The van der Waals surface area contributed by atoms with Gasteiger partial charge in [0.1, 0.15) is 11.6 Å². The van der Waals surface area contributed by atoms with Gasteiger partial charge in [0.05, 0.1) is 12.2 Å². The summed E-state index contributed by atoms with van der Waals surface area (Å²) in [4.78, 5) is 24.1. The minimum absolute atomic E-state index is 0.000693. The second kappa shape index (κ2) is 9.80. The SMILES string of the molecule is CCCCOC(=O)c1ccc(NC(=O)/C(C#N)=C/c2ccccc2)cc1. The molecular formula is C21H20N2O3. The highest BCUT2D eigenvalue weighted by Gasteiger charge is 2.11. The number of esters is 1. The molecule has 0 radical (unpaired) electrons. The van der Waals surface area contributed by atoms with Crippen LogP contribution in [0.15, 0.2) is 60.2 Å². The molecule has 0 aliphatic heterocycles. The number of benzene rings is 2. The van der Waals surface area contributed by atoms with Crippen LogP contribution in [0.25, 0.3) is 6.08 Å². The molecule has 0 spiro atoms. The van der Waals surface area contributed by atoms with Crippen LogP contribution in [0.5, 0.6) is 0 Å². The van der Waals surface area contributed by atoms with E-state index in [9.17, 15) is 14.9 Å². The number of hydrogen-bond acceptors (Lipinski definition) is 4. The molecule has 1 amide bonds. The Bertz CT molecular complexity index is 819. The summed E-state index contributed by atoms with van der Waals surface area (Å²) in [5.74, 6) is -0.896. The summed E-state index contributed by atoms with van der Waals surface area (Å²) >= 11 is 0. The Labute approximate surface area is 152 Å². The molecule has 1 N–H and O–H groups in total. The third-order valence-electron chi connectivity index (χ3n) is 3.59. The number of anilines is 1. The highest BCUT2D eigenvalue weighted by Crippen LogP contribution is 2.13. The van der Waals surface area contributed by atoms with E-state index in [1.807, 2.05) is 43.3 Å². The van der Waals surface area contributed by atoms with Crippen LogP contribution >= 0.6 is 0 Å². The lowest BCUT2D eigenvalue weighted by atomic mass is 10.1. The van der Waals surface area contributed by atoms with Crippen molar-refractivity contribution in [1.82, 2.24) is 0 Å². The number of amides is 1. The van der Waals surface area contributed by atoms with E-state index in [1.54, 1.807) is 24.3 Å². The van der Waals surface area contributed by atoms with Gasteiger partial charge in [-0.3, -0.25) is 4.79 Å². The molecule has 0 aliphatic rings. The third kappa shape index (κ3) is 5.60. The second-order valence-electron chi connectivity index (χ2n) is 5.60. The van der Waals surface area contributed by atoms with Gasteiger partial charge in [0, 0.05) is 5.69 Å². The average molecular weight is 348 g/mol. The molecule has 2 rings (SSSR count). The molecule has 0 bridgehead atoms. The molecule has 5 heteroatoms. The van der Waals surface area contributed by atoms with Crippen LogP contribution in [0.2, 0.25) is 0 Å². The van der Waals surface area contributed by atoms with Gasteiger partial charge >= 0.3 is 5.97 Å². The zero-order chi connectivity index (χ0) is 18.8. The maximum Gasteiger partial charge on any atom is 0.338 e. The molecule has 26 heavy (non-hydrogen) atoms. The Morgan fingerprint density at radius 3 is 2.42 bits per heavy atom. The number of nitrogens with one attached hydrogen (secondary N) is 1. The van der Waals surface area contributed by atoms with Crippen molar-refractivity contribution in [2.24, 2.45) is 0 Å². The van der Waals surface area contributed by atoms with E-state index < -0.39 is 11.9 Å². The van der Waals surface area contributed by atoms with Gasteiger partial charge in [-0.2, -0.15) is 5.26 Å². The zero-order valence-corrected chi connectivity index (χ0v) is 14.6. The lowest BCUT2D eigenvalue weighted by Gasteiger charge is -2.07. The fourth-order valence-corrected chi connectivity index (χ4v) is 2.15. The number of nitrogens with zero attached hydrogens (tertiary/aromatic N) is 1. The Morgan fingerprint density at radius 2 is 1.81 bits per heavy atom. The van der Waals surface area contributed by atoms with Crippen molar-refractivity contribution in [2.75, 3.05) is 11.9 Å². The van der Waals surface area contributed by atoms with Crippen molar-refractivity contribution in [3.63, 3.8) is 0 Å². The van der Waals surface area contributed by atoms with Crippen LogP contribution in [-0.2, 0) is 9.53 Å². The van der Waals surface area contributed by atoms with Crippen LogP contribution in [-0.4, -0.2) is 18.5 Å². The van der Waals surface area contributed by atoms with Crippen LogP contribution in [0, 0.1) is 11.3 Å². The molecular weight excluding hydrogens is 328 g/mol. The van der Waals surface area contributed by atoms with E-state index in [2.05, 4.69) is 5.32 Å². The molecule has 2 aromatic carbocycles. The molecule has 0 saturated heterocycles. The van der Waals surface area contributed by atoms with Gasteiger partial charge in [-0.15, -0.1) is 0 Å². The van der Waals surface area contributed by atoms with Crippen LogP contribution < -0.4 is 5.32 Å². The van der Waals surface area contributed by atoms with Crippen molar-refractivity contribution >= 4 is 23.6 Å². The summed E-state index contributed by atoms with van der Waals surface area (Å²) in [5.41, 5.74) is 1.68. The van der Waals surface area contributed by atoms with Gasteiger partial charge in [-0.05, 0) is 42.3 Å². The van der Waals surface area contributed by atoms with Gasteiger partial charge in [0.2, 0.25) is 0 Å². The third-order valence-corrected chi connectivity index (χ3v) is 3.59. The summed E-state index contributed by atoms with van der Waals surface area (Å²) in [5, 5.41) is 11.9. The predicted molar refractivity (Wildman–Crippen MR) is 100 cm³/mol. The van der Waals surface area contributed by atoms with Gasteiger partial charge in [-0.25, -0.2) is 4.79 Å². The molecule has 0 atom stereocenters. The quantitative estimate of drug-likeness (QED) is 0.352. The van der Waals surface area contributed by atoms with E-state index in [-0.39, 0.29) is 5.57 Å². The number of carbonyl (C=O) groups excluding carboxylic acids is 2. The number of rotatable bonds is 7. The normalized spacial score (nSPS) is 10.7. The summed E-state index contributed by atoms with van der Waals surface area (Å²) in [6.07, 6.45) is 3.30. The maximum absolute atomic E-state index is 12.2. The molecule has 0 aromatic heterocycles. The number of carbonyl (C=O) groups is 2. The Hall–Kier alpha value is -3.39. The monoisotopic (exact) mass is 348 g/mol. The second-order valence-corrected chi connectivity index (χ2v) is 5.60. The Morgan fingerprint density at radius 1 is 1.12 bits per heavy atom. The van der Waals surface area contributed by atoms with E-state index in [1.165, 1.54) is 6.08 Å². The summed E-state index contributed by atoms with van der Waals surface area (Å²) in [7, 11) is 0. The van der Waals surface area contributed by atoms with Gasteiger partial charge in [0.15, 0.2) is 0 Å². The molecule has 2 aromatic rings. The van der Waals surface area contributed by atoms with E-state index in [0.29, 0.717) is 17.9 Å². The Balaban J connectivity index is 2.01. The topological polar surface area (TPSA) is 79.2 Å². The van der Waals surface area contributed by atoms with E-state index >= 15 is 0 Å². The van der Waals surface area contributed by atoms with Crippen molar-refractivity contribution in [2.45, 2.75) is 19.8 Å². The van der Waals surface area contributed by atoms with Crippen LogP contribution in [0.1, 0.15) is 35.7 Å². The molecule has 0 heterocycles. The lowest BCUT2D eigenvalue weighted by molar-refractivity contribution is -0.112. The average Bonchev–Trinajstić information content (AvgIpc) is 2.67. The first-order valence-electron chi connectivity index (χ1n) is 8.39. The lowest BCUT2D eigenvalue weighted by Crippen LogP contribution is -2.13. The first-order chi connectivity index (χ1) is 12.6. The molecule has 0 saturated carbocycles. The minimum atomic E-state index is -0.505. The van der Waals surface area contributed by atoms with Gasteiger partial charge < -0.3 is 10.1 Å². The number of ether oxygens (including phenoxy) is 1. The summed E-state index contributed by atoms with van der Waals surface area (Å²) in [6.45, 7) is 2.41. The largest absolute Gasteiger partial charge is 0.462 e. The Kier molecular flexibility index (Phi) is 7.14. The smallest absolute Gasteiger partial charge is 0.338 e. The van der Waals surface area contributed by atoms with Crippen LogP contribution in [0.3, 0.4) is 0 Å². The summed E-state index contributed by atoms with van der Waals surface area (Å²) < 4.78 is 5.13. The maximum atomic E-state index is 12.2. The fourth-order valence-electron chi connectivity index (χ4n) is 2.15. The highest BCUT2D eigenvalue weighted by molar-refractivity contribution is 6.09. The minimum Gasteiger partial charge on any atom is -0.462 e. The van der Waals surface area contributed by atoms with Crippen molar-refractivity contribution in [3.05, 3.63) is 71.3 Å². The van der Waals surface area contributed by atoms with Crippen LogP contribution in [0.4, 0.5) is 5.69 Å². The van der Waals surface area contributed by atoms with Gasteiger partial charge in [0.25, 0.3) is 5.91 Å². The number of nitriles is 1. The van der Waals surface area contributed by atoms with Crippen molar-refractivity contribution in [3.8, 4) is 6.07 Å². The molecule has 132 valence electrons. The standard InChI is InChI=1S/C21H20N2O3/c1-2-3-13-26-21(25)17-9-11-19(12-10-17)23-20(24)18(15-22)14-16-7-5-4-6-8-16/h4-12,14H,2-3,13H2,1H3,(H,23,24)/b18-14+. The first-order valence-corrected chi connectivity index (χ1v) is 8.39. The van der Waals surface area contributed by atoms with E-state index in [0.717, 1.165) is 18.4 Å². The molecule has 5 nitrogen and oxygen atoms in total. The van der Waals surface area contributed by atoms with Crippen molar-refractivity contribution < 1.29 is 14.3 Å². The fraction of sp³-hybridized carbons (Fsp3) is 0.190. The number of hydrogen-bond donors (Lipinski definition) is 1. The highest BCUT2D eigenvalue weighted by atomic mass is 16.5. The van der Waals surface area contributed by atoms with Crippen molar-refractivity contribution in [1.29, 1.82) is 5.26 Å². The molecule has 0 aliphatic carbocycles. The van der Waals surface area contributed by atoms with Gasteiger partial charge in [-0.1, -0.05) is 43.7 Å².